The lowest BCUT2D eigenvalue weighted by molar-refractivity contribution is 0.0202. The van der Waals surface area contributed by atoms with Gasteiger partial charge in [0.2, 0.25) is 0 Å². The summed E-state index contributed by atoms with van der Waals surface area (Å²) in [5, 5.41) is 9.02. The Labute approximate surface area is 126 Å². The zero-order valence-electron chi connectivity index (χ0n) is 11.7. The molecule has 1 aromatic rings. The van der Waals surface area contributed by atoms with Crippen molar-refractivity contribution in [2.75, 3.05) is 19.6 Å². The summed E-state index contributed by atoms with van der Waals surface area (Å²) < 4.78 is 0. The van der Waals surface area contributed by atoms with E-state index in [9.17, 15) is 4.79 Å². The molecule has 0 radical (unpaired) electrons. The summed E-state index contributed by atoms with van der Waals surface area (Å²) >= 11 is 0. The third-order valence-electron chi connectivity index (χ3n) is 4.99. The maximum absolute atomic E-state index is 11.0. The van der Waals surface area contributed by atoms with Crippen molar-refractivity contribution >= 4 is 18.4 Å². The predicted molar refractivity (Wildman–Crippen MR) is 81.7 cm³/mol. The van der Waals surface area contributed by atoms with Crippen molar-refractivity contribution in [3.63, 3.8) is 0 Å². The van der Waals surface area contributed by atoms with Crippen LogP contribution in [0.15, 0.2) is 24.3 Å². The zero-order chi connectivity index (χ0) is 13.3. The van der Waals surface area contributed by atoms with Gasteiger partial charge < -0.3 is 10.0 Å². The number of halogens is 1. The molecule has 0 amide bonds. The minimum absolute atomic E-state index is 0. The molecular weight excluding hydrogens is 274 g/mol. The van der Waals surface area contributed by atoms with Gasteiger partial charge in [-0.15, -0.1) is 12.4 Å². The molecule has 4 rings (SSSR count). The van der Waals surface area contributed by atoms with Crippen molar-refractivity contribution in [3.05, 3.63) is 35.4 Å². The van der Waals surface area contributed by atoms with Crippen LogP contribution in [0, 0.1) is 5.41 Å². The first-order chi connectivity index (χ1) is 9.17. The molecule has 3 aliphatic heterocycles. The smallest absolute Gasteiger partial charge is 0.335 e. The van der Waals surface area contributed by atoms with Gasteiger partial charge >= 0.3 is 5.97 Å². The summed E-state index contributed by atoms with van der Waals surface area (Å²) in [6.07, 6.45) is 6.20. The molecule has 0 saturated carbocycles. The van der Waals surface area contributed by atoms with E-state index in [1.54, 1.807) is 6.07 Å². The highest BCUT2D eigenvalue weighted by Gasteiger charge is 2.38. The van der Waals surface area contributed by atoms with Gasteiger partial charge in [0.05, 0.1) is 5.56 Å². The van der Waals surface area contributed by atoms with E-state index in [1.165, 1.54) is 50.9 Å². The molecule has 4 heteroatoms. The Balaban J connectivity index is 0.00000147. The van der Waals surface area contributed by atoms with Crippen molar-refractivity contribution in [2.45, 2.75) is 32.1 Å². The molecule has 3 nitrogen and oxygen atoms in total. The van der Waals surface area contributed by atoms with Gasteiger partial charge in [0.25, 0.3) is 0 Å². The number of carbonyl (C=O) groups is 1. The van der Waals surface area contributed by atoms with Crippen molar-refractivity contribution in [1.82, 2.24) is 4.90 Å². The Kier molecular flexibility index (Phi) is 4.71. The van der Waals surface area contributed by atoms with E-state index in [0.29, 0.717) is 11.0 Å². The summed E-state index contributed by atoms with van der Waals surface area (Å²) in [5.41, 5.74) is 2.12. The number of carboxylic acids is 1. The van der Waals surface area contributed by atoms with Crippen LogP contribution in [0.1, 0.15) is 41.6 Å². The number of benzene rings is 1. The first-order valence-corrected chi connectivity index (χ1v) is 7.22. The largest absolute Gasteiger partial charge is 0.478 e. The highest BCUT2D eigenvalue weighted by atomic mass is 35.5. The molecule has 3 aliphatic rings. The molecule has 2 bridgehead atoms. The van der Waals surface area contributed by atoms with Crippen LogP contribution in [0.2, 0.25) is 0 Å². The normalized spacial score (nSPS) is 27.9. The van der Waals surface area contributed by atoms with E-state index in [0.717, 1.165) is 6.42 Å². The molecular formula is C16H22ClNO2. The monoisotopic (exact) mass is 295 g/mol. The minimum Gasteiger partial charge on any atom is -0.478 e. The Bertz CT molecular complexity index is 467. The minimum atomic E-state index is -0.828. The lowest BCUT2D eigenvalue weighted by Gasteiger charge is -2.48. The van der Waals surface area contributed by atoms with Gasteiger partial charge in [-0.1, -0.05) is 12.1 Å². The van der Waals surface area contributed by atoms with E-state index in [-0.39, 0.29) is 12.4 Å². The maximum atomic E-state index is 11.0. The molecule has 1 N–H and O–H groups in total. The van der Waals surface area contributed by atoms with Crippen molar-refractivity contribution in [1.29, 1.82) is 0 Å². The number of aryl methyl sites for hydroxylation is 1. The van der Waals surface area contributed by atoms with Gasteiger partial charge in [-0.2, -0.15) is 0 Å². The third-order valence-corrected chi connectivity index (χ3v) is 4.99. The van der Waals surface area contributed by atoms with Crippen LogP contribution < -0.4 is 0 Å². The lowest BCUT2D eigenvalue weighted by Crippen LogP contribution is -2.48. The Morgan fingerprint density at radius 2 is 1.85 bits per heavy atom. The standard InChI is InChI=1S/C16H21NO2.ClH/c18-15(19)14-3-1-2-13(12-14)4-5-16-6-9-17(10-7-16)11-8-16;/h1-3,12H,4-11H2,(H,18,19);1H. The quantitative estimate of drug-likeness (QED) is 0.927. The van der Waals surface area contributed by atoms with Crippen molar-refractivity contribution in [3.8, 4) is 0 Å². The van der Waals surface area contributed by atoms with Gasteiger partial charge in [-0.3, -0.25) is 0 Å². The molecule has 1 aromatic carbocycles. The average molecular weight is 296 g/mol. The van der Waals surface area contributed by atoms with Gasteiger partial charge in [0.15, 0.2) is 0 Å². The van der Waals surface area contributed by atoms with Gasteiger partial charge in [-0.25, -0.2) is 4.79 Å². The highest BCUT2D eigenvalue weighted by molar-refractivity contribution is 5.87. The second kappa shape index (κ2) is 6.15. The summed E-state index contributed by atoms with van der Waals surface area (Å²) in [6.45, 7) is 3.78. The van der Waals surface area contributed by atoms with Gasteiger partial charge in [-0.05, 0) is 74.8 Å². The van der Waals surface area contributed by atoms with E-state index in [4.69, 9.17) is 5.11 Å². The third kappa shape index (κ3) is 3.15. The summed E-state index contributed by atoms with van der Waals surface area (Å²) in [6, 6.07) is 7.42. The van der Waals surface area contributed by atoms with Crippen molar-refractivity contribution < 1.29 is 9.90 Å². The van der Waals surface area contributed by atoms with Crippen LogP contribution in [0.4, 0.5) is 0 Å². The Hall–Kier alpha value is -1.06. The predicted octanol–water partition coefficient (Wildman–Crippen LogP) is 3.23. The second-order valence-electron chi connectivity index (χ2n) is 6.10. The van der Waals surface area contributed by atoms with Crippen LogP contribution in [0.25, 0.3) is 0 Å². The number of nitrogens with zero attached hydrogens (tertiary/aromatic N) is 1. The van der Waals surface area contributed by atoms with Crippen molar-refractivity contribution in [2.24, 2.45) is 5.41 Å². The van der Waals surface area contributed by atoms with E-state index in [1.807, 2.05) is 12.1 Å². The molecule has 0 unspecified atom stereocenters. The summed E-state index contributed by atoms with van der Waals surface area (Å²) in [5.74, 6) is -0.828. The number of hydrogen-bond acceptors (Lipinski definition) is 2. The Morgan fingerprint density at radius 3 is 2.45 bits per heavy atom. The van der Waals surface area contributed by atoms with E-state index in [2.05, 4.69) is 11.0 Å². The number of aromatic carboxylic acids is 1. The van der Waals surface area contributed by atoms with E-state index >= 15 is 0 Å². The first kappa shape index (κ1) is 15.3. The molecule has 3 saturated heterocycles. The van der Waals surface area contributed by atoms with Crippen LogP contribution >= 0.6 is 12.4 Å². The molecule has 110 valence electrons. The molecule has 20 heavy (non-hydrogen) atoms. The number of carboxylic acid groups (broad SMARTS) is 1. The fourth-order valence-electron chi connectivity index (χ4n) is 3.54. The van der Waals surface area contributed by atoms with Crippen LogP contribution in [-0.2, 0) is 6.42 Å². The lowest BCUT2D eigenvalue weighted by atomic mass is 9.69. The van der Waals surface area contributed by atoms with Crippen LogP contribution in [0.3, 0.4) is 0 Å². The number of rotatable bonds is 4. The average Bonchev–Trinajstić information content (AvgIpc) is 2.47. The zero-order valence-corrected chi connectivity index (χ0v) is 12.5. The number of piperidine rings is 3. The van der Waals surface area contributed by atoms with Gasteiger partial charge in [0.1, 0.15) is 0 Å². The maximum Gasteiger partial charge on any atom is 0.335 e. The summed E-state index contributed by atoms with van der Waals surface area (Å²) in [4.78, 5) is 13.5. The second-order valence-corrected chi connectivity index (χ2v) is 6.10. The highest BCUT2D eigenvalue weighted by Crippen LogP contribution is 2.43. The molecule has 0 aliphatic carbocycles. The van der Waals surface area contributed by atoms with E-state index < -0.39 is 5.97 Å². The first-order valence-electron chi connectivity index (χ1n) is 7.22. The van der Waals surface area contributed by atoms with Crippen LogP contribution in [0.5, 0.6) is 0 Å². The van der Waals surface area contributed by atoms with Crippen LogP contribution in [-0.4, -0.2) is 35.6 Å². The number of hydrogen-bond donors (Lipinski definition) is 1. The fourth-order valence-corrected chi connectivity index (χ4v) is 3.54. The molecule has 3 fully saturated rings. The molecule has 0 spiro atoms. The summed E-state index contributed by atoms with van der Waals surface area (Å²) in [7, 11) is 0. The Morgan fingerprint density at radius 1 is 1.20 bits per heavy atom. The fraction of sp³-hybridized carbons (Fsp3) is 0.562. The van der Waals surface area contributed by atoms with Gasteiger partial charge in [0, 0.05) is 0 Å². The SMILES string of the molecule is Cl.O=C(O)c1cccc(CCC23CCN(CC2)CC3)c1. The number of fused-ring (bicyclic) bond motifs is 3. The topological polar surface area (TPSA) is 40.5 Å². The molecule has 0 atom stereocenters. The molecule has 0 aromatic heterocycles. The molecule has 3 heterocycles.